The smallest absolute Gasteiger partial charge is 0 e. The molecule has 0 unspecified atom stereocenters. The predicted octanol–water partition coefficient (Wildman–Crippen LogP) is 2.03. The molecule has 0 aromatic heterocycles. The molecule has 0 saturated carbocycles. The molecule has 0 aliphatic heterocycles. The second-order valence-electron chi connectivity index (χ2n) is 2.71. The van der Waals surface area contributed by atoms with E-state index in [1.807, 2.05) is 18.2 Å². The first-order valence-corrected chi connectivity index (χ1v) is 7.15. The van der Waals surface area contributed by atoms with E-state index >= 15 is 0 Å². The minimum Gasteiger partial charge on any atom is 0 e. The molecule has 0 aliphatic rings. The van der Waals surface area contributed by atoms with Gasteiger partial charge in [0.05, 0.1) is 0 Å². The third kappa shape index (κ3) is 63.5. The Morgan fingerprint density at radius 2 is 1.03 bits per heavy atom. The number of hydrogen-bond acceptors (Lipinski definition) is 1. The van der Waals surface area contributed by atoms with Crippen LogP contribution in [0.4, 0.5) is 0 Å². The predicted molar refractivity (Wildman–Crippen MR) is 83.7 cm³/mol. The van der Waals surface area contributed by atoms with E-state index in [4.69, 9.17) is 42.0 Å². The van der Waals surface area contributed by atoms with Crippen LogP contribution in [-0.2, 0) is 78.7 Å². The fourth-order valence-corrected chi connectivity index (χ4v) is 1.24. The van der Waals surface area contributed by atoms with Gasteiger partial charge >= 0.3 is 180 Å². The monoisotopic (exact) mass is 620 g/mol. The molecule has 0 aliphatic carbocycles. The zero-order valence-corrected chi connectivity index (χ0v) is 19.7. The van der Waals surface area contributed by atoms with Crippen molar-refractivity contribution in [3.05, 3.63) is 94.7 Å². The van der Waals surface area contributed by atoms with Crippen molar-refractivity contribution in [2.45, 2.75) is 6.92 Å². The molecule has 1 aromatic rings. The summed E-state index contributed by atoms with van der Waals surface area (Å²) in [5.41, 5.74) is 2.54. The van der Waals surface area contributed by atoms with Crippen LogP contribution in [0.25, 0.3) is 6.08 Å². The standard InChI is InChI=1S/C11H12O.8CO.Cr.W/c1-10-6-3-4-7-11(10)8-5-9-12-2;8*1-2;;/h3-8H,1-2H3;;;;;;;;;;/b8-5+;;;;;;;;;;. The van der Waals surface area contributed by atoms with Gasteiger partial charge in [-0.25, -0.2) is 0 Å². The molecule has 9 nitrogen and oxygen atoms in total. The summed E-state index contributed by atoms with van der Waals surface area (Å²) < 4.78 is 66.1. The van der Waals surface area contributed by atoms with Crippen LogP contribution in [0.5, 0.6) is 0 Å². The van der Waals surface area contributed by atoms with Gasteiger partial charge in [0.25, 0.3) is 0 Å². The molecule has 1 aromatic carbocycles. The normalized spacial score (nSPS) is 5.13. The molecule has 11 heteroatoms. The number of aryl methyl sites for hydroxylation is 1. The Morgan fingerprint density at radius 3 is 1.30 bits per heavy atom. The van der Waals surface area contributed by atoms with Crippen LogP contribution in [0.15, 0.2) is 30.3 Å². The summed E-state index contributed by atoms with van der Waals surface area (Å²) in [7, 11) is 1.70. The van der Waals surface area contributed by atoms with Crippen LogP contribution in [-0.4, -0.2) is 11.2 Å². The maximum atomic E-state index is 7.50. The molecule has 0 bridgehead atoms. The molecule has 0 N–H and O–H groups in total. The SMILES string of the molecule is CO[C](=[W])/C=C/c1ccccc1C.[C-]#[O+].[C-]#[O+].[C-]#[O+].[C-]#[O+].[C-]#[O+].[C-]#[O+].[C-]#[O+].[C-]#[O+].[Cr]. The van der Waals surface area contributed by atoms with Crippen molar-refractivity contribution < 1.29 is 78.7 Å². The van der Waals surface area contributed by atoms with E-state index < -0.39 is 0 Å². The van der Waals surface area contributed by atoms with Crippen molar-refractivity contribution in [1.29, 1.82) is 0 Å². The average Bonchev–Trinajstić information content (AvgIpc) is 2.88. The Hall–Kier alpha value is -2.07. The van der Waals surface area contributed by atoms with Crippen LogP contribution >= 0.6 is 0 Å². The molecule has 0 atom stereocenters. The van der Waals surface area contributed by atoms with E-state index in [0.29, 0.717) is 0 Å². The van der Waals surface area contributed by atoms with E-state index in [-0.39, 0.29) is 17.4 Å². The third-order valence-corrected chi connectivity index (χ3v) is 2.88. The molecule has 0 spiro atoms. The first kappa shape index (κ1) is 56.5. The van der Waals surface area contributed by atoms with Crippen LogP contribution in [0.3, 0.4) is 0 Å². The number of rotatable bonds is 3. The minimum atomic E-state index is 0. The van der Waals surface area contributed by atoms with Crippen molar-refractivity contribution in [2.75, 3.05) is 7.11 Å². The van der Waals surface area contributed by atoms with E-state index in [0.717, 1.165) is 4.08 Å². The van der Waals surface area contributed by atoms with Crippen molar-refractivity contribution >= 4 is 10.2 Å². The van der Waals surface area contributed by atoms with Crippen LogP contribution in [0.1, 0.15) is 11.1 Å². The first-order valence-electron chi connectivity index (χ1n) is 5.69. The van der Waals surface area contributed by atoms with Crippen LogP contribution in [0, 0.1) is 60.1 Å². The van der Waals surface area contributed by atoms with E-state index in [2.05, 4.69) is 78.3 Å². The van der Waals surface area contributed by atoms with E-state index in [1.54, 1.807) is 7.11 Å². The number of hydrogen-bond donors (Lipinski definition) is 0. The second-order valence-corrected chi connectivity index (χ2v) is 4.16. The van der Waals surface area contributed by atoms with Crippen molar-refractivity contribution in [2.24, 2.45) is 0 Å². The minimum absolute atomic E-state index is 0. The van der Waals surface area contributed by atoms with Gasteiger partial charge in [-0.15, -0.1) is 0 Å². The summed E-state index contributed by atoms with van der Waals surface area (Å²) in [6, 6.07) is 8.30. The quantitative estimate of drug-likeness (QED) is 0.366. The van der Waals surface area contributed by atoms with Gasteiger partial charge in [0, 0.05) is 17.4 Å². The largest absolute Gasteiger partial charge is 0 e. The van der Waals surface area contributed by atoms with Gasteiger partial charge in [0.15, 0.2) is 0 Å². The van der Waals surface area contributed by atoms with Gasteiger partial charge in [-0.1, -0.05) is 0 Å². The molecule has 0 amide bonds. The van der Waals surface area contributed by atoms with Crippen molar-refractivity contribution in [1.82, 2.24) is 0 Å². The number of benzene rings is 1. The Morgan fingerprint density at radius 1 is 0.733 bits per heavy atom. The van der Waals surface area contributed by atoms with Crippen LogP contribution in [0.2, 0.25) is 0 Å². The molecular formula is C19H12CrO9W. The molecule has 0 heterocycles. The van der Waals surface area contributed by atoms with Gasteiger partial charge in [-0.2, -0.15) is 0 Å². The van der Waals surface area contributed by atoms with Gasteiger partial charge in [-0.3, -0.25) is 0 Å². The Labute approximate surface area is 197 Å². The van der Waals surface area contributed by atoms with E-state index in [1.165, 1.54) is 30.5 Å². The summed E-state index contributed by atoms with van der Waals surface area (Å²) >= 11 is 1.35. The maximum absolute atomic E-state index is 7.50. The first-order chi connectivity index (χ1) is 14.2. The second kappa shape index (κ2) is 93.3. The molecule has 0 saturated heterocycles. The Kier molecular flexibility index (Phi) is 176. The van der Waals surface area contributed by atoms with Gasteiger partial charge in [-0.05, 0) is 0 Å². The van der Waals surface area contributed by atoms with Crippen LogP contribution < -0.4 is 0 Å². The summed E-state index contributed by atoms with van der Waals surface area (Å²) in [5.74, 6) is 0. The maximum Gasteiger partial charge on any atom is 0 e. The number of ether oxygens (including phenoxy) is 1. The summed E-state index contributed by atoms with van der Waals surface area (Å²) in [5, 5.41) is 0. The van der Waals surface area contributed by atoms with E-state index in [9.17, 15) is 0 Å². The molecule has 154 valence electrons. The summed E-state index contributed by atoms with van der Waals surface area (Å²) in [6.45, 7) is 38.1. The molecule has 1 rings (SSSR count). The fourth-order valence-electron chi connectivity index (χ4n) is 1.000. The van der Waals surface area contributed by atoms with Gasteiger partial charge < -0.3 is 0 Å². The molecule has 0 radical (unpaired) electrons. The van der Waals surface area contributed by atoms with Crippen molar-refractivity contribution in [3.63, 3.8) is 0 Å². The Balaban J connectivity index is -0.0000000315. The fraction of sp³-hybridized carbons (Fsp3) is 0.105. The molecular weight excluding hydrogens is 608 g/mol. The third-order valence-electron chi connectivity index (χ3n) is 1.79. The van der Waals surface area contributed by atoms with Gasteiger partial charge in [0.2, 0.25) is 0 Å². The summed E-state index contributed by atoms with van der Waals surface area (Å²) in [6.07, 6.45) is 4.10. The number of methoxy groups -OCH3 is 1. The average molecular weight is 620 g/mol. The zero-order valence-electron chi connectivity index (χ0n) is 15.5. The summed E-state index contributed by atoms with van der Waals surface area (Å²) in [4.78, 5) is 0. The molecule has 30 heavy (non-hydrogen) atoms. The molecule has 0 fully saturated rings. The zero-order chi connectivity index (χ0) is 25.7. The Bertz CT molecular complexity index is 580. The van der Waals surface area contributed by atoms with Crippen molar-refractivity contribution in [3.8, 4) is 0 Å². The topological polar surface area (TPSA) is 168 Å². The van der Waals surface area contributed by atoms with Gasteiger partial charge in [0.1, 0.15) is 0 Å².